The molecule has 360 valence electrons. The van der Waals surface area contributed by atoms with E-state index in [4.69, 9.17) is 5.11 Å². The Morgan fingerprint density at radius 1 is 0.375 bits per heavy atom. The Morgan fingerprint density at radius 3 is 0.906 bits per heavy atom. The molecule has 0 atom stereocenters. The van der Waals surface area contributed by atoms with Gasteiger partial charge in [-0.25, -0.2) is 0 Å². The minimum absolute atomic E-state index is 0.0257. The van der Waals surface area contributed by atoms with E-state index in [1.807, 2.05) is 0 Å². The zero-order valence-electron chi connectivity index (χ0n) is 38.4. The van der Waals surface area contributed by atoms with Crippen molar-refractivity contribution < 1.29 is 67.4 Å². The van der Waals surface area contributed by atoms with Crippen molar-refractivity contribution in [3.05, 3.63) is 0 Å². The second kappa shape index (κ2) is 28.7. The van der Waals surface area contributed by atoms with Gasteiger partial charge in [0, 0.05) is 83.4 Å². The summed E-state index contributed by atoms with van der Waals surface area (Å²) < 4.78 is 0. The third-order valence-corrected chi connectivity index (χ3v) is 9.34. The monoisotopic (exact) mass is 912 g/mol. The van der Waals surface area contributed by atoms with Crippen molar-refractivity contribution in [2.24, 2.45) is 0 Å². The molecule has 0 rings (SSSR count). The van der Waals surface area contributed by atoms with Crippen LogP contribution in [0.25, 0.3) is 0 Å². The van der Waals surface area contributed by atoms with E-state index in [0.717, 1.165) is 49.0 Å². The maximum atomic E-state index is 12.9. The molecule has 0 aliphatic rings. The fourth-order valence-electron chi connectivity index (χ4n) is 4.90. The molecule has 0 unspecified atom stereocenters. The van der Waals surface area contributed by atoms with Gasteiger partial charge in [0.05, 0.1) is 72.0 Å². The van der Waals surface area contributed by atoms with E-state index in [1.54, 1.807) is 0 Å². The number of carboxylic acids is 1. The molecule has 0 aromatic rings. The standard InChI is InChI=1S/C38H64N12O14/c1-41(26-51)17-29(54)43(3)19-31(56)45(5)21-33(58)47(7)23-35(60)49(9)25-37(62)50(10)24-36(61)48(8)22-34(59)46(6)20-32(57)44(4)18-30(55)42(2)16-28(53)40-15-27(52)39-14-12-11-13-38(63)64/h26H,11-25H2,1-10H3,(H,39,52)(H,40,53)(H,63,64). The highest BCUT2D eigenvalue weighted by Crippen LogP contribution is 2.01. The molecule has 12 amide bonds. The second-order valence-electron chi connectivity index (χ2n) is 15.2. The molecule has 0 aromatic carbocycles. The van der Waals surface area contributed by atoms with E-state index in [-0.39, 0.29) is 32.6 Å². The van der Waals surface area contributed by atoms with Gasteiger partial charge in [-0.15, -0.1) is 0 Å². The maximum absolute atomic E-state index is 12.9. The highest BCUT2D eigenvalue weighted by atomic mass is 16.4. The third-order valence-electron chi connectivity index (χ3n) is 9.34. The van der Waals surface area contributed by atoms with Crippen LogP contribution in [0.2, 0.25) is 0 Å². The number of unbranched alkanes of at least 4 members (excludes halogenated alkanes) is 1. The molecule has 0 saturated heterocycles. The number of likely N-dealkylation sites (N-methyl/N-ethyl adjacent to an activating group) is 10. The molecule has 26 heteroatoms. The van der Waals surface area contributed by atoms with Gasteiger partial charge in [-0.3, -0.25) is 62.3 Å². The number of carbonyl (C=O) groups is 13. The molecule has 0 fully saturated rings. The first-order chi connectivity index (χ1) is 29.7. The van der Waals surface area contributed by atoms with Crippen molar-refractivity contribution >= 4 is 77.4 Å². The Hall–Kier alpha value is -6.89. The van der Waals surface area contributed by atoms with Crippen LogP contribution < -0.4 is 10.6 Å². The molecular formula is C38H64N12O14. The van der Waals surface area contributed by atoms with Gasteiger partial charge in [-0.2, -0.15) is 0 Å². The van der Waals surface area contributed by atoms with E-state index in [0.29, 0.717) is 19.3 Å². The van der Waals surface area contributed by atoms with Crippen molar-refractivity contribution in [2.75, 3.05) is 149 Å². The van der Waals surface area contributed by atoms with Gasteiger partial charge in [0.2, 0.25) is 71.4 Å². The highest BCUT2D eigenvalue weighted by molar-refractivity contribution is 5.94. The number of hydrogen-bond donors (Lipinski definition) is 3. The molecule has 0 aliphatic carbocycles. The minimum atomic E-state index is -0.941. The van der Waals surface area contributed by atoms with Crippen LogP contribution in [0, 0.1) is 0 Å². The molecule has 64 heavy (non-hydrogen) atoms. The summed E-state index contributed by atoms with van der Waals surface area (Å²) in [7, 11) is 13.3. The zero-order chi connectivity index (χ0) is 49.4. The summed E-state index contributed by atoms with van der Waals surface area (Å²) in [6.45, 7) is -4.30. The van der Waals surface area contributed by atoms with Crippen LogP contribution in [0.3, 0.4) is 0 Å². The molecule has 0 heterocycles. The molecule has 0 aromatic heterocycles. The summed E-state index contributed by atoms with van der Waals surface area (Å²) in [6.07, 6.45) is 1.27. The Labute approximate surface area is 372 Å². The summed E-state index contributed by atoms with van der Waals surface area (Å²) in [5, 5.41) is 13.5. The summed E-state index contributed by atoms with van der Waals surface area (Å²) in [6, 6.07) is 0. The van der Waals surface area contributed by atoms with Crippen LogP contribution in [0.4, 0.5) is 0 Å². The first-order valence-corrected chi connectivity index (χ1v) is 19.8. The van der Waals surface area contributed by atoms with Crippen molar-refractivity contribution in [1.29, 1.82) is 0 Å². The van der Waals surface area contributed by atoms with E-state index in [1.165, 1.54) is 70.5 Å². The second-order valence-corrected chi connectivity index (χ2v) is 15.2. The lowest BCUT2D eigenvalue weighted by molar-refractivity contribution is -0.146. The molecule has 0 aliphatic heterocycles. The number of nitrogens with one attached hydrogen (secondary N) is 2. The summed E-state index contributed by atoms with van der Waals surface area (Å²) in [5.74, 6) is -7.54. The number of carboxylic acid groups (broad SMARTS) is 1. The molecule has 0 spiro atoms. The average molecular weight is 913 g/mol. The Morgan fingerprint density at radius 2 is 0.641 bits per heavy atom. The fourth-order valence-corrected chi connectivity index (χ4v) is 4.90. The lowest BCUT2D eigenvalue weighted by Crippen LogP contribution is -2.49. The van der Waals surface area contributed by atoms with Crippen LogP contribution in [-0.2, 0) is 62.3 Å². The van der Waals surface area contributed by atoms with Gasteiger partial charge in [-0.05, 0) is 12.8 Å². The largest absolute Gasteiger partial charge is 0.481 e. The van der Waals surface area contributed by atoms with Crippen LogP contribution >= 0.6 is 0 Å². The van der Waals surface area contributed by atoms with Gasteiger partial charge in [0.25, 0.3) is 0 Å². The van der Waals surface area contributed by atoms with E-state index in [9.17, 15) is 62.3 Å². The van der Waals surface area contributed by atoms with E-state index < -0.39 is 123 Å². The molecule has 0 bridgehead atoms. The van der Waals surface area contributed by atoms with Crippen molar-refractivity contribution in [1.82, 2.24) is 59.6 Å². The van der Waals surface area contributed by atoms with Crippen LogP contribution in [0.15, 0.2) is 0 Å². The number of nitrogens with zero attached hydrogens (tertiary/aromatic N) is 10. The van der Waals surface area contributed by atoms with Gasteiger partial charge < -0.3 is 64.7 Å². The average Bonchev–Trinajstić information content (AvgIpc) is 3.21. The van der Waals surface area contributed by atoms with Gasteiger partial charge in [-0.1, -0.05) is 0 Å². The van der Waals surface area contributed by atoms with Crippen LogP contribution in [0.5, 0.6) is 0 Å². The summed E-state index contributed by atoms with van der Waals surface area (Å²) in [4.78, 5) is 170. The van der Waals surface area contributed by atoms with E-state index in [2.05, 4.69) is 10.6 Å². The third kappa shape index (κ3) is 22.8. The minimum Gasteiger partial charge on any atom is -0.481 e. The quantitative estimate of drug-likeness (QED) is 0.0486. The lowest BCUT2D eigenvalue weighted by atomic mass is 10.2. The van der Waals surface area contributed by atoms with Crippen molar-refractivity contribution in [2.45, 2.75) is 19.3 Å². The number of aliphatic carboxylic acids is 1. The van der Waals surface area contributed by atoms with Crippen molar-refractivity contribution in [3.8, 4) is 0 Å². The van der Waals surface area contributed by atoms with Gasteiger partial charge in [0.15, 0.2) is 0 Å². The summed E-state index contributed by atoms with van der Waals surface area (Å²) >= 11 is 0. The molecule has 0 radical (unpaired) electrons. The first kappa shape index (κ1) is 57.1. The zero-order valence-corrected chi connectivity index (χ0v) is 38.4. The normalized spacial score (nSPS) is 10.3. The van der Waals surface area contributed by atoms with Gasteiger partial charge >= 0.3 is 5.97 Å². The fraction of sp³-hybridized carbons (Fsp3) is 0.658. The Bertz CT molecular complexity index is 1730. The Balaban J connectivity index is 4.79. The number of carbonyl (C=O) groups excluding carboxylic acids is 12. The Kier molecular flexibility index (Phi) is 25.6. The summed E-state index contributed by atoms with van der Waals surface area (Å²) in [5.41, 5.74) is 0. The molecular weight excluding hydrogens is 848 g/mol. The van der Waals surface area contributed by atoms with Crippen LogP contribution in [0.1, 0.15) is 19.3 Å². The van der Waals surface area contributed by atoms with Crippen LogP contribution in [-0.4, -0.2) is 280 Å². The smallest absolute Gasteiger partial charge is 0.303 e. The maximum Gasteiger partial charge on any atom is 0.303 e. The van der Waals surface area contributed by atoms with Gasteiger partial charge in [0.1, 0.15) is 0 Å². The number of amides is 12. The van der Waals surface area contributed by atoms with Crippen molar-refractivity contribution in [3.63, 3.8) is 0 Å². The number of hydrogen-bond acceptors (Lipinski definition) is 13. The first-order valence-electron chi connectivity index (χ1n) is 19.8. The lowest BCUT2D eigenvalue weighted by Gasteiger charge is -2.27. The topological polar surface area (TPSA) is 299 Å². The van der Waals surface area contributed by atoms with E-state index >= 15 is 0 Å². The predicted molar refractivity (Wildman–Crippen MR) is 225 cm³/mol. The SMILES string of the molecule is CN(C=O)CC(=O)N(C)CC(=O)N(C)CC(=O)N(C)CC(=O)N(C)CC(=O)N(C)CC(=O)N(C)CC(=O)N(C)CC(=O)N(C)CC(=O)N(C)CC(=O)NCC(=O)NCCCCC(=O)O. The highest BCUT2D eigenvalue weighted by Gasteiger charge is 2.26. The predicted octanol–water partition coefficient (Wildman–Crippen LogP) is -6.31. The molecule has 26 nitrogen and oxygen atoms in total. The number of rotatable bonds is 28. The molecule has 0 saturated carbocycles. The molecule has 3 N–H and O–H groups in total.